The zero-order valence-electron chi connectivity index (χ0n) is 19.5. The van der Waals surface area contributed by atoms with E-state index in [4.69, 9.17) is 4.74 Å². The van der Waals surface area contributed by atoms with Gasteiger partial charge in [-0.15, -0.1) is 0 Å². The summed E-state index contributed by atoms with van der Waals surface area (Å²) in [5.74, 6) is 0.677. The van der Waals surface area contributed by atoms with Gasteiger partial charge in [-0.3, -0.25) is 4.98 Å². The Morgan fingerprint density at radius 3 is 2.74 bits per heavy atom. The molecule has 0 unspecified atom stereocenters. The number of nitrogens with zero attached hydrogens (tertiary/aromatic N) is 1. The van der Waals surface area contributed by atoms with Crippen LogP contribution < -0.4 is 15.4 Å². The van der Waals surface area contributed by atoms with E-state index in [1.54, 1.807) is 6.20 Å². The van der Waals surface area contributed by atoms with Crippen molar-refractivity contribution in [3.05, 3.63) is 107 Å². The van der Waals surface area contributed by atoms with Crippen LogP contribution in [0.2, 0.25) is 0 Å². The maximum atomic E-state index is 11.5. The number of aromatic nitrogens is 1. The number of nitrogens with one attached hydrogen (secondary N) is 2. The van der Waals surface area contributed by atoms with Gasteiger partial charge in [-0.25, -0.2) is 4.79 Å². The molecule has 1 aliphatic rings. The molecule has 1 aromatic heterocycles. The van der Waals surface area contributed by atoms with Gasteiger partial charge in [-0.05, 0) is 78.0 Å². The largest absolute Gasteiger partial charge is 0.478 e. The maximum Gasteiger partial charge on any atom is 0.337 e. The lowest BCUT2D eigenvalue weighted by Gasteiger charge is -2.28. The molecular formula is C29H27N3O3. The number of rotatable bonds is 7. The minimum atomic E-state index is -0.966. The van der Waals surface area contributed by atoms with Gasteiger partial charge in [0.2, 0.25) is 0 Å². The van der Waals surface area contributed by atoms with Crippen molar-refractivity contribution in [3.8, 4) is 22.6 Å². The van der Waals surface area contributed by atoms with Gasteiger partial charge in [0, 0.05) is 18.8 Å². The van der Waals surface area contributed by atoms with Crippen molar-refractivity contribution < 1.29 is 14.6 Å². The minimum Gasteiger partial charge on any atom is -0.478 e. The minimum absolute atomic E-state index is 0.0809. The van der Waals surface area contributed by atoms with Crippen LogP contribution in [0.4, 0.5) is 5.69 Å². The number of anilines is 1. The number of carboxylic acids is 1. The summed E-state index contributed by atoms with van der Waals surface area (Å²) >= 11 is 0. The zero-order chi connectivity index (χ0) is 24.2. The molecule has 0 fully saturated rings. The number of ether oxygens (including phenoxy) is 1. The molecule has 0 saturated heterocycles. The third-order valence-electron chi connectivity index (χ3n) is 6.34. The molecule has 3 N–H and O–H groups in total. The first-order chi connectivity index (χ1) is 17.1. The number of hydrogen-bond donors (Lipinski definition) is 3. The van der Waals surface area contributed by atoms with Gasteiger partial charge >= 0.3 is 5.97 Å². The number of benzene rings is 3. The van der Waals surface area contributed by atoms with Gasteiger partial charge < -0.3 is 20.5 Å². The fraction of sp³-hybridized carbons (Fsp3) is 0.172. The summed E-state index contributed by atoms with van der Waals surface area (Å²) in [7, 11) is 0. The zero-order valence-corrected chi connectivity index (χ0v) is 19.5. The second-order valence-electron chi connectivity index (χ2n) is 8.67. The fourth-order valence-electron chi connectivity index (χ4n) is 4.58. The van der Waals surface area contributed by atoms with Gasteiger partial charge in [0.25, 0.3) is 0 Å². The Hall–Kier alpha value is -4.16. The standard InChI is InChI=1S/C29H27N3O3/c1-19-15-23(35-22-5-3-2-4-6-22)8-10-24(19)20-7-9-25-21(16-20)11-14-31-28(25)18-32-27-17-30-13-12-26(27)29(33)34/h2-10,12-13,15-17,28,31-32H,11,14,18H2,1H3,(H,33,34)/t28-/m0/s1. The van der Waals surface area contributed by atoms with Gasteiger partial charge in [-0.1, -0.05) is 42.5 Å². The first kappa shape index (κ1) is 22.6. The molecule has 0 aliphatic carbocycles. The van der Waals surface area contributed by atoms with E-state index in [0.717, 1.165) is 30.0 Å². The Bertz CT molecular complexity index is 1350. The van der Waals surface area contributed by atoms with Gasteiger partial charge in [0.15, 0.2) is 0 Å². The third-order valence-corrected chi connectivity index (χ3v) is 6.34. The van der Waals surface area contributed by atoms with Crippen LogP contribution in [0, 0.1) is 6.92 Å². The van der Waals surface area contributed by atoms with E-state index in [-0.39, 0.29) is 11.6 Å². The van der Waals surface area contributed by atoms with Gasteiger partial charge in [0.1, 0.15) is 11.5 Å². The molecule has 0 bridgehead atoms. The average molecular weight is 466 g/mol. The highest BCUT2D eigenvalue weighted by Gasteiger charge is 2.21. The van der Waals surface area contributed by atoms with E-state index in [1.165, 1.54) is 34.5 Å². The molecule has 35 heavy (non-hydrogen) atoms. The average Bonchev–Trinajstić information content (AvgIpc) is 2.88. The third kappa shape index (κ3) is 5.03. The molecule has 176 valence electrons. The molecule has 5 rings (SSSR count). The van der Waals surface area contributed by atoms with Crippen molar-refractivity contribution in [1.82, 2.24) is 10.3 Å². The van der Waals surface area contributed by atoms with Crippen LogP contribution in [0.1, 0.15) is 33.1 Å². The molecule has 3 aromatic carbocycles. The Labute approximate surface area is 204 Å². The molecule has 0 saturated carbocycles. The molecule has 0 radical (unpaired) electrons. The SMILES string of the molecule is Cc1cc(Oc2ccccc2)ccc1-c1ccc2c(c1)CCN[C@H]2CNc1cnccc1C(=O)O. The number of carbonyl (C=O) groups is 1. The molecule has 6 heteroatoms. The van der Waals surface area contributed by atoms with Crippen LogP contribution in [0.3, 0.4) is 0 Å². The van der Waals surface area contributed by atoms with Crippen LogP contribution in [0.25, 0.3) is 11.1 Å². The summed E-state index contributed by atoms with van der Waals surface area (Å²) in [4.78, 5) is 15.6. The Balaban J connectivity index is 1.34. The predicted octanol–water partition coefficient (Wildman–Crippen LogP) is 5.85. The van der Waals surface area contributed by atoms with E-state index < -0.39 is 5.97 Å². The summed E-state index contributed by atoms with van der Waals surface area (Å²) in [5.41, 5.74) is 6.81. The van der Waals surface area contributed by atoms with E-state index in [0.29, 0.717) is 12.2 Å². The molecule has 4 aromatic rings. The van der Waals surface area contributed by atoms with E-state index >= 15 is 0 Å². The highest BCUT2D eigenvalue weighted by Crippen LogP contribution is 2.33. The summed E-state index contributed by atoms with van der Waals surface area (Å²) in [6, 6.07) is 24.2. The number of pyridine rings is 1. The van der Waals surface area contributed by atoms with Crippen molar-refractivity contribution in [2.45, 2.75) is 19.4 Å². The van der Waals surface area contributed by atoms with Gasteiger partial charge in [0.05, 0.1) is 17.4 Å². The first-order valence-corrected chi connectivity index (χ1v) is 11.7. The van der Waals surface area contributed by atoms with Crippen molar-refractivity contribution in [1.29, 1.82) is 0 Å². The number of carboxylic acid groups (broad SMARTS) is 1. The van der Waals surface area contributed by atoms with Crippen molar-refractivity contribution in [3.63, 3.8) is 0 Å². The highest BCUT2D eigenvalue weighted by molar-refractivity contribution is 5.93. The molecule has 2 heterocycles. The lowest BCUT2D eigenvalue weighted by atomic mass is 9.89. The Kier molecular flexibility index (Phi) is 6.46. The summed E-state index contributed by atoms with van der Waals surface area (Å²) in [6.07, 6.45) is 4.00. The number of fused-ring (bicyclic) bond motifs is 1. The number of aryl methyl sites for hydroxylation is 1. The lowest BCUT2D eigenvalue weighted by Crippen LogP contribution is -2.34. The highest BCUT2D eigenvalue weighted by atomic mass is 16.5. The summed E-state index contributed by atoms with van der Waals surface area (Å²) in [6.45, 7) is 3.54. The quantitative estimate of drug-likeness (QED) is 0.318. The number of aromatic carboxylic acids is 1. The van der Waals surface area contributed by atoms with Crippen LogP contribution in [-0.2, 0) is 6.42 Å². The van der Waals surface area contributed by atoms with E-state index in [9.17, 15) is 9.90 Å². The molecule has 0 spiro atoms. The lowest BCUT2D eigenvalue weighted by molar-refractivity contribution is 0.0697. The van der Waals surface area contributed by atoms with Crippen LogP contribution in [0.15, 0.2) is 85.2 Å². The van der Waals surface area contributed by atoms with Crippen LogP contribution in [-0.4, -0.2) is 29.1 Å². The second kappa shape index (κ2) is 9.99. The van der Waals surface area contributed by atoms with Crippen molar-refractivity contribution in [2.75, 3.05) is 18.4 Å². The molecule has 1 atom stereocenters. The summed E-state index contributed by atoms with van der Waals surface area (Å²) in [5, 5.41) is 16.2. The van der Waals surface area contributed by atoms with Crippen molar-refractivity contribution in [2.24, 2.45) is 0 Å². The topological polar surface area (TPSA) is 83.5 Å². The van der Waals surface area contributed by atoms with E-state index in [2.05, 4.69) is 52.9 Å². The summed E-state index contributed by atoms with van der Waals surface area (Å²) < 4.78 is 5.98. The molecule has 6 nitrogen and oxygen atoms in total. The molecule has 0 amide bonds. The van der Waals surface area contributed by atoms with Crippen LogP contribution in [0.5, 0.6) is 11.5 Å². The number of para-hydroxylation sites is 1. The van der Waals surface area contributed by atoms with E-state index in [1.807, 2.05) is 36.4 Å². The van der Waals surface area contributed by atoms with Crippen molar-refractivity contribution >= 4 is 11.7 Å². The Morgan fingerprint density at radius 1 is 1.09 bits per heavy atom. The maximum absolute atomic E-state index is 11.5. The number of hydrogen-bond acceptors (Lipinski definition) is 5. The second-order valence-corrected chi connectivity index (χ2v) is 8.67. The monoisotopic (exact) mass is 465 g/mol. The normalized spacial score (nSPS) is 14.7. The Morgan fingerprint density at radius 2 is 1.94 bits per heavy atom. The first-order valence-electron chi connectivity index (χ1n) is 11.7. The van der Waals surface area contributed by atoms with Crippen LogP contribution >= 0.6 is 0 Å². The molecular weight excluding hydrogens is 438 g/mol. The molecule has 1 aliphatic heterocycles. The van der Waals surface area contributed by atoms with Gasteiger partial charge in [-0.2, -0.15) is 0 Å². The predicted molar refractivity (Wildman–Crippen MR) is 137 cm³/mol. The smallest absolute Gasteiger partial charge is 0.337 e. The fourth-order valence-corrected chi connectivity index (χ4v) is 4.58.